The Morgan fingerprint density at radius 1 is 1.33 bits per heavy atom. The molecule has 0 aliphatic heterocycles. The molecule has 0 saturated heterocycles. The van der Waals surface area contributed by atoms with Gasteiger partial charge >= 0.3 is 12.0 Å². The van der Waals surface area contributed by atoms with E-state index in [0.29, 0.717) is 6.54 Å². The van der Waals surface area contributed by atoms with Gasteiger partial charge in [-0.25, -0.2) is 4.79 Å². The van der Waals surface area contributed by atoms with Crippen molar-refractivity contribution < 1.29 is 14.7 Å². The second-order valence-electron chi connectivity index (χ2n) is 5.47. The van der Waals surface area contributed by atoms with Gasteiger partial charge in [0.15, 0.2) is 0 Å². The molecular weight excluding hydrogens is 232 g/mol. The Hall–Kier alpha value is -1.52. The van der Waals surface area contributed by atoms with Crippen LogP contribution in [0.1, 0.15) is 34.6 Å². The largest absolute Gasteiger partial charge is 0.480 e. The Labute approximate surface area is 109 Å². The zero-order valence-corrected chi connectivity index (χ0v) is 11.9. The quantitative estimate of drug-likeness (QED) is 0.767. The number of amides is 2. The summed E-state index contributed by atoms with van der Waals surface area (Å²) < 4.78 is 0. The number of carbonyl (C=O) groups excluding carboxylic acids is 1. The Kier molecular flexibility index (Phi) is 5.88. The molecule has 5 nitrogen and oxygen atoms in total. The van der Waals surface area contributed by atoms with Crippen LogP contribution in [0.3, 0.4) is 0 Å². The molecule has 18 heavy (non-hydrogen) atoms. The molecule has 0 aliphatic rings. The van der Waals surface area contributed by atoms with Gasteiger partial charge in [-0.3, -0.25) is 4.79 Å². The number of carboxylic acid groups (broad SMARTS) is 1. The number of nitrogens with zero attached hydrogens (tertiary/aromatic N) is 2. The van der Waals surface area contributed by atoms with E-state index >= 15 is 0 Å². The molecule has 0 aliphatic carbocycles. The van der Waals surface area contributed by atoms with E-state index in [1.807, 2.05) is 20.8 Å². The van der Waals surface area contributed by atoms with Crippen LogP contribution >= 0.6 is 0 Å². The van der Waals surface area contributed by atoms with E-state index in [-0.39, 0.29) is 24.2 Å². The van der Waals surface area contributed by atoms with Gasteiger partial charge in [-0.05, 0) is 34.6 Å². The van der Waals surface area contributed by atoms with Crippen LogP contribution in [0.5, 0.6) is 0 Å². The Morgan fingerprint density at radius 3 is 2.11 bits per heavy atom. The molecule has 0 spiro atoms. The summed E-state index contributed by atoms with van der Waals surface area (Å²) in [5.74, 6) is -1.01. The molecular formula is C13H24N2O3. The van der Waals surface area contributed by atoms with Crippen molar-refractivity contribution in [1.82, 2.24) is 9.80 Å². The molecule has 0 radical (unpaired) electrons. The summed E-state index contributed by atoms with van der Waals surface area (Å²) in [6.07, 6.45) is 1.64. The molecule has 1 N–H and O–H groups in total. The van der Waals surface area contributed by atoms with Crippen LogP contribution in [0.4, 0.5) is 4.79 Å². The van der Waals surface area contributed by atoms with Crippen LogP contribution in [0.15, 0.2) is 12.7 Å². The summed E-state index contributed by atoms with van der Waals surface area (Å²) >= 11 is 0. The number of rotatable bonds is 5. The number of hydrogen-bond acceptors (Lipinski definition) is 2. The van der Waals surface area contributed by atoms with Crippen molar-refractivity contribution in [2.24, 2.45) is 0 Å². The van der Waals surface area contributed by atoms with Crippen LogP contribution in [-0.2, 0) is 4.79 Å². The van der Waals surface area contributed by atoms with Crippen LogP contribution in [0.25, 0.3) is 0 Å². The van der Waals surface area contributed by atoms with Crippen LogP contribution < -0.4 is 0 Å². The molecule has 0 saturated carbocycles. The normalized spacial score (nSPS) is 11.2. The lowest BCUT2D eigenvalue weighted by Crippen LogP contribution is -2.54. The van der Waals surface area contributed by atoms with Crippen LogP contribution in [0, 0.1) is 0 Å². The molecule has 0 bridgehead atoms. The number of carboxylic acids is 1. The van der Waals surface area contributed by atoms with E-state index in [2.05, 4.69) is 6.58 Å². The molecule has 0 aromatic heterocycles. The van der Waals surface area contributed by atoms with Gasteiger partial charge in [-0.2, -0.15) is 0 Å². The highest BCUT2D eigenvalue weighted by Crippen LogP contribution is 2.17. The van der Waals surface area contributed by atoms with Gasteiger partial charge < -0.3 is 14.9 Å². The molecule has 0 unspecified atom stereocenters. The average Bonchev–Trinajstić information content (AvgIpc) is 2.19. The van der Waals surface area contributed by atoms with Crippen LogP contribution in [0.2, 0.25) is 0 Å². The zero-order valence-electron chi connectivity index (χ0n) is 11.9. The predicted octanol–water partition coefficient (Wildman–Crippen LogP) is 2.19. The summed E-state index contributed by atoms with van der Waals surface area (Å²) in [4.78, 5) is 26.2. The first-order valence-corrected chi connectivity index (χ1v) is 6.02. The third-order valence-corrected chi connectivity index (χ3v) is 2.53. The van der Waals surface area contributed by atoms with Gasteiger partial charge in [0.2, 0.25) is 0 Å². The third kappa shape index (κ3) is 4.77. The van der Waals surface area contributed by atoms with Gasteiger partial charge in [0.1, 0.15) is 6.54 Å². The minimum Gasteiger partial charge on any atom is -0.480 e. The lowest BCUT2D eigenvalue weighted by atomic mass is 10.1. The number of urea groups is 1. The molecule has 2 amide bonds. The van der Waals surface area contributed by atoms with Crippen molar-refractivity contribution in [1.29, 1.82) is 0 Å². The monoisotopic (exact) mass is 256 g/mol. The maximum absolute atomic E-state index is 12.4. The topological polar surface area (TPSA) is 60.9 Å². The van der Waals surface area contributed by atoms with Gasteiger partial charge in [-0.15, -0.1) is 6.58 Å². The molecule has 104 valence electrons. The molecule has 0 rings (SSSR count). The highest BCUT2D eigenvalue weighted by Gasteiger charge is 2.31. The average molecular weight is 256 g/mol. The highest BCUT2D eigenvalue weighted by molar-refractivity contribution is 5.81. The lowest BCUT2D eigenvalue weighted by Gasteiger charge is -2.39. The van der Waals surface area contributed by atoms with Crippen molar-refractivity contribution >= 4 is 12.0 Å². The predicted molar refractivity (Wildman–Crippen MR) is 71.5 cm³/mol. The highest BCUT2D eigenvalue weighted by atomic mass is 16.4. The smallest absolute Gasteiger partial charge is 0.323 e. The molecule has 0 aromatic carbocycles. The van der Waals surface area contributed by atoms with Crippen LogP contribution in [-0.4, -0.2) is 51.6 Å². The lowest BCUT2D eigenvalue weighted by molar-refractivity contribution is -0.138. The first kappa shape index (κ1) is 16.5. The summed E-state index contributed by atoms with van der Waals surface area (Å²) in [6.45, 7) is 13.1. The van der Waals surface area contributed by atoms with E-state index in [1.165, 1.54) is 4.90 Å². The minimum atomic E-state index is -1.01. The van der Waals surface area contributed by atoms with Crippen molar-refractivity contribution in [3.8, 4) is 0 Å². The zero-order chi connectivity index (χ0) is 14.5. The molecule has 0 atom stereocenters. The Bertz CT molecular complexity index is 319. The fraction of sp³-hybridized carbons (Fsp3) is 0.692. The summed E-state index contributed by atoms with van der Waals surface area (Å²) in [5, 5.41) is 8.86. The van der Waals surface area contributed by atoms with Gasteiger partial charge in [-0.1, -0.05) is 6.08 Å². The molecule has 0 aromatic rings. The standard InChI is InChI=1S/C13H24N2O3/c1-7-8-15(13(4,5)6)12(18)14(10(2)3)9-11(16)17/h7,10H,1,8-9H2,2-6H3,(H,16,17). The molecule has 0 heterocycles. The van der Waals surface area contributed by atoms with E-state index in [9.17, 15) is 9.59 Å². The van der Waals surface area contributed by atoms with Gasteiger partial charge in [0, 0.05) is 18.1 Å². The second kappa shape index (κ2) is 6.42. The fourth-order valence-corrected chi connectivity index (χ4v) is 1.54. The number of hydrogen-bond donors (Lipinski definition) is 1. The van der Waals surface area contributed by atoms with Crippen molar-refractivity contribution in [3.63, 3.8) is 0 Å². The molecule has 0 fully saturated rings. The maximum Gasteiger partial charge on any atom is 0.323 e. The SMILES string of the molecule is C=CCN(C(=O)N(CC(=O)O)C(C)C)C(C)(C)C. The fourth-order valence-electron chi connectivity index (χ4n) is 1.54. The first-order chi connectivity index (χ1) is 8.11. The summed E-state index contributed by atoms with van der Waals surface area (Å²) in [6, 6.07) is -0.442. The van der Waals surface area contributed by atoms with Crippen molar-refractivity contribution in [2.45, 2.75) is 46.2 Å². The number of carbonyl (C=O) groups is 2. The van der Waals surface area contributed by atoms with E-state index < -0.39 is 5.97 Å². The van der Waals surface area contributed by atoms with E-state index in [1.54, 1.807) is 24.8 Å². The Balaban J connectivity index is 5.12. The van der Waals surface area contributed by atoms with Gasteiger partial charge in [0.05, 0.1) is 0 Å². The van der Waals surface area contributed by atoms with E-state index in [4.69, 9.17) is 5.11 Å². The Morgan fingerprint density at radius 2 is 1.83 bits per heavy atom. The van der Waals surface area contributed by atoms with E-state index in [0.717, 1.165) is 0 Å². The first-order valence-electron chi connectivity index (χ1n) is 6.02. The second-order valence-corrected chi connectivity index (χ2v) is 5.47. The van der Waals surface area contributed by atoms with Crippen molar-refractivity contribution in [2.75, 3.05) is 13.1 Å². The van der Waals surface area contributed by atoms with Gasteiger partial charge in [0.25, 0.3) is 0 Å². The van der Waals surface area contributed by atoms with Crippen molar-refractivity contribution in [3.05, 3.63) is 12.7 Å². The summed E-state index contributed by atoms with van der Waals surface area (Å²) in [7, 11) is 0. The third-order valence-electron chi connectivity index (χ3n) is 2.53. The minimum absolute atomic E-state index is 0.164. The number of aliphatic carboxylic acids is 1. The maximum atomic E-state index is 12.4. The summed E-state index contributed by atoms with van der Waals surface area (Å²) in [5.41, 5.74) is -0.378. The molecule has 5 heteroatoms.